The molecule has 0 aliphatic carbocycles. The number of nitrogens with two attached hydrogens (primary N) is 1. The zero-order valence-corrected chi connectivity index (χ0v) is 14.0. The highest BCUT2D eigenvalue weighted by molar-refractivity contribution is 6.01. The van der Waals surface area contributed by atoms with Crippen LogP contribution < -0.4 is 11.2 Å². The number of amides is 1. The Kier molecular flexibility index (Phi) is 4.86. The van der Waals surface area contributed by atoms with Gasteiger partial charge in [-0.2, -0.15) is 0 Å². The summed E-state index contributed by atoms with van der Waals surface area (Å²) in [4.78, 5) is 33.7. The number of nitro groups is 1. The van der Waals surface area contributed by atoms with Gasteiger partial charge in [0.15, 0.2) is 0 Å². The number of benzene rings is 2. The van der Waals surface area contributed by atoms with E-state index in [1.165, 1.54) is 28.9 Å². The van der Waals surface area contributed by atoms with Crippen LogP contribution in [0.3, 0.4) is 0 Å². The van der Waals surface area contributed by atoms with Crippen LogP contribution >= 0.6 is 0 Å². The molecule has 0 aliphatic rings. The lowest BCUT2D eigenvalue weighted by Gasteiger charge is -2.08. The molecule has 0 saturated carbocycles. The molecule has 0 spiro atoms. The molecule has 138 valence electrons. The molecule has 3 aromatic rings. The number of nitro benzene ring substituents is 1. The van der Waals surface area contributed by atoms with E-state index >= 15 is 0 Å². The lowest BCUT2D eigenvalue weighted by atomic mass is 10.1. The first-order chi connectivity index (χ1) is 12.9. The van der Waals surface area contributed by atoms with Crippen LogP contribution in [0, 0.1) is 10.1 Å². The molecule has 2 aromatic carbocycles. The number of rotatable bonds is 6. The van der Waals surface area contributed by atoms with Gasteiger partial charge >= 0.3 is 5.97 Å². The van der Waals surface area contributed by atoms with E-state index in [4.69, 9.17) is 10.8 Å². The van der Waals surface area contributed by atoms with Crippen LogP contribution in [0.2, 0.25) is 0 Å². The lowest BCUT2D eigenvalue weighted by Crippen LogP contribution is -2.32. The first kappa shape index (κ1) is 18.1. The van der Waals surface area contributed by atoms with Crippen molar-refractivity contribution in [1.82, 2.24) is 4.68 Å². The number of carboxylic acid groups (broad SMARTS) is 1. The third-order valence-corrected chi connectivity index (χ3v) is 4.11. The second-order valence-corrected chi connectivity index (χ2v) is 5.94. The van der Waals surface area contributed by atoms with Crippen LogP contribution in [0.5, 0.6) is 0 Å². The Labute approximate surface area is 153 Å². The van der Waals surface area contributed by atoms with Gasteiger partial charge in [-0.05, 0) is 23.8 Å². The van der Waals surface area contributed by atoms with E-state index in [0.29, 0.717) is 11.1 Å². The number of hydrogen-bond acceptors (Lipinski definition) is 5. The van der Waals surface area contributed by atoms with E-state index in [9.17, 15) is 19.7 Å². The number of aromatic nitrogens is 1. The molecule has 9 heteroatoms. The van der Waals surface area contributed by atoms with E-state index in [1.54, 1.807) is 24.4 Å². The quantitative estimate of drug-likeness (QED) is 0.448. The zero-order chi connectivity index (χ0) is 19.6. The van der Waals surface area contributed by atoms with Crippen molar-refractivity contribution in [2.45, 2.75) is 12.5 Å². The number of hydrogen-bond donors (Lipinski definition) is 3. The van der Waals surface area contributed by atoms with Gasteiger partial charge in [-0.1, -0.05) is 18.2 Å². The minimum atomic E-state index is -1.11. The fourth-order valence-corrected chi connectivity index (χ4v) is 2.74. The molecule has 1 amide bonds. The molecule has 0 radical (unpaired) electrons. The Hall–Kier alpha value is -3.72. The standard InChI is InChI=1S/C18H16N4O5/c19-15(18(24)25)9-12-10-21(16-4-2-1-3-14(12)16)20-17(23)11-5-7-13(8-6-11)22(26)27/h1-8,10,15H,9,19H2,(H,20,23)(H,24,25)/t15-/m0/s1. The summed E-state index contributed by atoms with van der Waals surface area (Å²) in [5.41, 5.74) is 9.83. The van der Waals surface area contributed by atoms with Crippen LogP contribution in [0.4, 0.5) is 5.69 Å². The Morgan fingerprint density at radius 2 is 1.85 bits per heavy atom. The fourth-order valence-electron chi connectivity index (χ4n) is 2.74. The summed E-state index contributed by atoms with van der Waals surface area (Å²) in [5, 5.41) is 20.5. The molecular formula is C18H16N4O5. The normalized spacial score (nSPS) is 11.9. The highest BCUT2D eigenvalue weighted by Gasteiger charge is 2.17. The molecule has 1 heterocycles. The maximum atomic E-state index is 12.5. The van der Waals surface area contributed by atoms with Crippen LogP contribution in [0.1, 0.15) is 15.9 Å². The second kappa shape index (κ2) is 7.26. The molecular weight excluding hydrogens is 352 g/mol. The number of para-hydroxylation sites is 1. The topological polar surface area (TPSA) is 140 Å². The maximum absolute atomic E-state index is 12.5. The summed E-state index contributed by atoms with van der Waals surface area (Å²) in [7, 11) is 0. The van der Waals surface area contributed by atoms with Crippen molar-refractivity contribution in [2.24, 2.45) is 5.73 Å². The van der Waals surface area contributed by atoms with Crippen LogP contribution in [0.15, 0.2) is 54.7 Å². The molecule has 3 rings (SSSR count). The number of carboxylic acids is 1. The van der Waals surface area contributed by atoms with Gasteiger partial charge in [0.2, 0.25) is 0 Å². The third-order valence-electron chi connectivity index (χ3n) is 4.11. The zero-order valence-electron chi connectivity index (χ0n) is 14.0. The summed E-state index contributed by atoms with van der Waals surface area (Å²) in [6, 6.07) is 11.4. The lowest BCUT2D eigenvalue weighted by molar-refractivity contribution is -0.384. The highest BCUT2D eigenvalue weighted by Crippen LogP contribution is 2.22. The molecule has 9 nitrogen and oxygen atoms in total. The summed E-state index contributed by atoms with van der Waals surface area (Å²) >= 11 is 0. The number of nitrogens with zero attached hydrogens (tertiary/aromatic N) is 2. The molecule has 27 heavy (non-hydrogen) atoms. The van der Waals surface area contributed by atoms with Crippen molar-refractivity contribution in [1.29, 1.82) is 0 Å². The van der Waals surface area contributed by atoms with Gasteiger partial charge in [-0.15, -0.1) is 0 Å². The van der Waals surface area contributed by atoms with Crippen molar-refractivity contribution in [3.63, 3.8) is 0 Å². The van der Waals surface area contributed by atoms with Gasteiger partial charge in [-0.25, -0.2) is 0 Å². The van der Waals surface area contributed by atoms with E-state index in [2.05, 4.69) is 5.43 Å². The summed E-state index contributed by atoms with van der Waals surface area (Å²) in [6.45, 7) is 0. The van der Waals surface area contributed by atoms with E-state index in [1.807, 2.05) is 6.07 Å². The van der Waals surface area contributed by atoms with Crippen molar-refractivity contribution < 1.29 is 19.6 Å². The third kappa shape index (κ3) is 3.77. The summed E-state index contributed by atoms with van der Waals surface area (Å²) in [6.07, 6.45) is 1.73. The molecule has 0 saturated heterocycles. The molecule has 0 aliphatic heterocycles. The van der Waals surface area contributed by atoms with Crippen molar-refractivity contribution in [3.8, 4) is 0 Å². The van der Waals surface area contributed by atoms with Gasteiger partial charge in [0.05, 0.1) is 10.4 Å². The Bertz CT molecular complexity index is 1030. The Morgan fingerprint density at radius 3 is 2.48 bits per heavy atom. The van der Waals surface area contributed by atoms with Crippen molar-refractivity contribution >= 4 is 28.5 Å². The SMILES string of the molecule is N[C@@H](Cc1cn(NC(=O)c2ccc([N+](=O)[O-])cc2)c2ccccc12)C(=O)O. The molecule has 1 aromatic heterocycles. The predicted octanol–water partition coefficient (Wildman–Crippen LogP) is 1.89. The van der Waals surface area contributed by atoms with Gasteiger partial charge in [-0.3, -0.25) is 29.8 Å². The number of nitrogens with one attached hydrogen (secondary N) is 1. The number of carbonyl (C=O) groups excluding carboxylic acids is 1. The number of fused-ring (bicyclic) bond motifs is 1. The minimum Gasteiger partial charge on any atom is -0.480 e. The van der Waals surface area contributed by atoms with Crippen LogP contribution in [-0.4, -0.2) is 32.6 Å². The number of non-ortho nitro benzene ring substituents is 1. The maximum Gasteiger partial charge on any atom is 0.320 e. The number of aliphatic carboxylic acids is 1. The molecule has 0 bridgehead atoms. The monoisotopic (exact) mass is 368 g/mol. The second-order valence-electron chi connectivity index (χ2n) is 5.94. The van der Waals surface area contributed by atoms with E-state index in [-0.39, 0.29) is 17.7 Å². The Balaban J connectivity index is 1.89. The summed E-state index contributed by atoms with van der Waals surface area (Å²) in [5.74, 6) is -1.57. The van der Waals surface area contributed by atoms with Crippen LogP contribution in [-0.2, 0) is 11.2 Å². The average molecular weight is 368 g/mol. The first-order valence-electron chi connectivity index (χ1n) is 8.00. The van der Waals surface area contributed by atoms with Crippen molar-refractivity contribution in [3.05, 3.63) is 76.0 Å². The smallest absolute Gasteiger partial charge is 0.320 e. The Morgan fingerprint density at radius 1 is 1.19 bits per heavy atom. The minimum absolute atomic E-state index is 0.107. The largest absolute Gasteiger partial charge is 0.480 e. The highest BCUT2D eigenvalue weighted by atomic mass is 16.6. The van der Waals surface area contributed by atoms with Gasteiger partial charge in [0.1, 0.15) is 6.04 Å². The van der Waals surface area contributed by atoms with Crippen LogP contribution in [0.25, 0.3) is 10.9 Å². The molecule has 0 fully saturated rings. The fraction of sp³-hybridized carbons (Fsp3) is 0.111. The van der Waals surface area contributed by atoms with E-state index in [0.717, 1.165) is 5.39 Å². The summed E-state index contributed by atoms with van der Waals surface area (Å²) < 4.78 is 1.49. The first-order valence-corrected chi connectivity index (χ1v) is 8.00. The van der Waals surface area contributed by atoms with Crippen molar-refractivity contribution in [2.75, 3.05) is 5.43 Å². The predicted molar refractivity (Wildman–Crippen MR) is 98.0 cm³/mol. The van der Waals surface area contributed by atoms with Gasteiger partial charge in [0.25, 0.3) is 11.6 Å². The average Bonchev–Trinajstić information content (AvgIpc) is 2.99. The molecule has 1 atom stereocenters. The molecule has 4 N–H and O–H groups in total. The van der Waals surface area contributed by atoms with Gasteiger partial charge < -0.3 is 10.8 Å². The van der Waals surface area contributed by atoms with Gasteiger partial charge in [0, 0.05) is 35.7 Å². The number of carbonyl (C=O) groups is 2. The molecule has 0 unspecified atom stereocenters. The van der Waals surface area contributed by atoms with E-state index < -0.39 is 22.8 Å².